The Morgan fingerprint density at radius 1 is 1.47 bits per heavy atom. The molecule has 1 aromatic carbocycles. The molecule has 0 fully saturated rings. The molecule has 0 saturated carbocycles. The highest BCUT2D eigenvalue weighted by molar-refractivity contribution is 9.10. The molecule has 1 N–H and O–H groups in total. The second kappa shape index (κ2) is 8.11. The Morgan fingerprint density at radius 3 is 2.88 bits per heavy atom. The summed E-state index contributed by atoms with van der Waals surface area (Å²) in [6, 6.07) is 3.72. The lowest BCUT2D eigenvalue weighted by Gasteiger charge is -2.13. The summed E-state index contributed by atoms with van der Waals surface area (Å²) in [5.41, 5.74) is 0.938. The molecular weight excluding hydrogens is 322 g/mol. The fraction of sp³-hybridized carbons (Fsp3) is 0.500. The highest BCUT2D eigenvalue weighted by Gasteiger charge is 2.08. The van der Waals surface area contributed by atoms with E-state index in [4.69, 9.17) is 16.3 Å². The Labute approximate surface area is 121 Å². The topological polar surface area (TPSA) is 21.3 Å². The van der Waals surface area contributed by atoms with E-state index in [1.165, 1.54) is 11.5 Å². The van der Waals surface area contributed by atoms with Crippen LogP contribution in [0.1, 0.15) is 13.3 Å². The van der Waals surface area contributed by atoms with Gasteiger partial charge in [-0.15, -0.1) is 0 Å². The van der Waals surface area contributed by atoms with Gasteiger partial charge in [0.1, 0.15) is 0 Å². The molecule has 0 spiro atoms. The molecule has 0 unspecified atom stereocenters. The smallest absolute Gasteiger partial charge is 0.156 e. The van der Waals surface area contributed by atoms with Gasteiger partial charge in [-0.25, -0.2) is 0 Å². The molecule has 0 amide bonds. The van der Waals surface area contributed by atoms with Crippen molar-refractivity contribution in [1.82, 2.24) is 0 Å². The summed E-state index contributed by atoms with van der Waals surface area (Å²) < 4.78 is 6.21. The summed E-state index contributed by atoms with van der Waals surface area (Å²) in [5, 5.41) is 4.05. The van der Waals surface area contributed by atoms with Crippen molar-refractivity contribution >= 4 is 45.0 Å². The second-order valence-corrected chi connectivity index (χ2v) is 6.13. The summed E-state index contributed by atoms with van der Waals surface area (Å²) in [4.78, 5) is 0. The number of rotatable bonds is 7. The average molecular weight is 339 g/mol. The summed E-state index contributed by atoms with van der Waals surface area (Å²) in [6.45, 7) is 3.10. The highest BCUT2D eigenvalue weighted by atomic mass is 79.9. The minimum absolute atomic E-state index is 0.697. The van der Waals surface area contributed by atoms with Crippen LogP contribution in [-0.2, 0) is 0 Å². The van der Waals surface area contributed by atoms with Crippen molar-refractivity contribution in [2.75, 3.05) is 30.5 Å². The van der Waals surface area contributed by atoms with E-state index in [-0.39, 0.29) is 0 Å². The van der Waals surface area contributed by atoms with Gasteiger partial charge in [0.2, 0.25) is 0 Å². The van der Waals surface area contributed by atoms with Gasteiger partial charge in [0, 0.05) is 11.6 Å². The highest BCUT2D eigenvalue weighted by Crippen LogP contribution is 2.36. The molecule has 17 heavy (non-hydrogen) atoms. The van der Waals surface area contributed by atoms with E-state index >= 15 is 0 Å². The van der Waals surface area contributed by atoms with Crippen LogP contribution in [-0.4, -0.2) is 25.2 Å². The Balaban J connectivity index is 2.57. The first-order chi connectivity index (χ1) is 8.19. The zero-order valence-corrected chi connectivity index (χ0v) is 13.2. The predicted molar refractivity (Wildman–Crippen MR) is 81.8 cm³/mol. The molecular formula is C12H17BrClNOS. The summed E-state index contributed by atoms with van der Waals surface area (Å²) in [6.07, 6.45) is 1.13. The number of methoxy groups -OCH3 is 1. The molecule has 0 heterocycles. The van der Waals surface area contributed by atoms with E-state index in [2.05, 4.69) is 28.2 Å². The van der Waals surface area contributed by atoms with Crippen molar-refractivity contribution in [1.29, 1.82) is 0 Å². The molecule has 0 bridgehead atoms. The van der Waals surface area contributed by atoms with E-state index in [0.29, 0.717) is 5.02 Å². The minimum atomic E-state index is 0.697. The van der Waals surface area contributed by atoms with E-state index in [9.17, 15) is 0 Å². The molecule has 0 aliphatic heterocycles. The first-order valence-corrected chi connectivity index (χ1v) is 7.86. The summed E-state index contributed by atoms with van der Waals surface area (Å²) in [5.74, 6) is 3.15. The monoisotopic (exact) mass is 337 g/mol. The summed E-state index contributed by atoms with van der Waals surface area (Å²) in [7, 11) is 1.66. The van der Waals surface area contributed by atoms with Crippen LogP contribution >= 0.6 is 39.3 Å². The lowest BCUT2D eigenvalue weighted by molar-refractivity contribution is 0.414. The molecule has 0 atom stereocenters. The SMILES string of the molecule is CCSCCCNc1cc(Cl)cc(Br)c1OC. The molecule has 0 aliphatic carbocycles. The third-order valence-electron chi connectivity index (χ3n) is 2.20. The van der Waals surface area contributed by atoms with E-state index in [1.807, 2.05) is 23.9 Å². The van der Waals surface area contributed by atoms with Gasteiger partial charge in [0.15, 0.2) is 5.75 Å². The average Bonchev–Trinajstić information content (AvgIpc) is 2.28. The van der Waals surface area contributed by atoms with Gasteiger partial charge >= 0.3 is 0 Å². The number of hydrogen-bond acceptors (Lipinski definition) is 3. The van der Waals surface area contributed by atoms with E-state index < -0.39 is 0 Å². The molecule has 2 nitrogen and oxygen atoms in total. The standard InChI is InChI=1S/C12H17BrClNOS/c1-3-17-6-4-5-15-11-8-9(14)7-10(13)12(11)16-2/h7-8,15H,3-6H2,1-2H3. The fourth-order valence-corrected chi connectivity index (χ4v) is 3.05. The Morgan fingerprint density at radius 2 is 2.24 bits per heavy atom. The van der Waals surface area contributed by atoms with Crippen molar-refractivity contribution in [2.24, 2.45) is 0 Å². The normalized spacial score (nSPS) is 10.4. The fourth-order valence-electron chi connectivity index (χ4n) is 1.44. The van der Waals surface area contributed by atoms with Crippen molar-refractivity contribution in [3.63, 3.8) is 0 Å². The molecule has 1 rings (SSSR count). The van der Waals surface area contributed by atoms with Gasteiger partial charge < -0.3 is 10.1 Å². The molecule has 0 aliphatic rings. The van der Waals surface area contributed by atoms with Gasteiger partial charge in [-0.05, 0) is 46.0 Å². The summed E-state index contributed by atoms with van der Waals surface area (Å²) >= 11 is 11.4. The Kier molecular flexibility index (Phi) is 7.16. The largest absolute Gasteiger partial charge is 0.493 e. The maximum absolute atomic E-state index is 6.01. The Bertz CT molecular complexity index is 363. The third-order valence-corrected chi connectivity index (χ3v) is 3.99. The minimum Gasteiger partial charge on any atom is -0.493 e. The quantitative estimate of drug-likeness (QED) is 0.730. The molecule has 96 valence electrons. The molecule has 0 saturated heterocycles. The maximum Gasteiger partial charge on any atom is 0.156 e. The zero-order chi connectivity index (χ0) is 12.7. The van der Waals surface area contributed by atoms with Crippen molar-refractivity contribution in [3.8, 4) is 5.75 Å². The first-order valence-electron chi connectivity index (χ1n) is 5.53. The van der Waals surface area contributed by atoms with Crippen LogP contribution in [0.4, 0.5) is 5.69 Å². The molecule has 0 radical (unpaired) electrons. The van der Waals surface area contributed by atoms with Crippen LogP contribution in [0, 0.1) is 0 Å². The molecule has 1 aromatic rings. The maximum atomic E-state index is 6.01. The van der Waals surface area contributed by atoms with Gasteiger partial charge in [0.25, 0.3) is 0 Å². The van der Waals surface area contributed by atoms with Crippen LogP contribution in [0.3, 0.4) is 0 Å². The molecule has 0 aromatic heterocycles. The van der Waals surface area contributed by atoms with Gasteiger partial charge in [0.05, 0.1) is 17.3 Å². The van der Waals surface area contributed by atoms with Crippen LogP contribution < -0.4 is 10.1 Å². The number of ether oxygens (including phenoxy) is 1. The van der Waals surface area contributed by atoms with Gasteiger partial charge in [-0.3, -0.25) is 0 Å². The lowest BCUT2D eigenvalue weighted by atomic mass is 10.3. The lowest BCUT2D eigenvalue weighted by Crippen LogP contribution is -2.04. The number of thioether (sulfide) groups is 1. The van der Waals surface area contributed by atoms with Crippen LogP contribution in [0.5, 0.6) is 5.75 Å². The second-order valence-electron chi connectivity index (χ2n) is 3.45. The predicted octanol–water partition coefficient (Wildman–Crippen LogP) is 4.67. The van der Waals surface area contributed by atoms with Crippen LogP contribution in [0.25, 0.3) is 0 Å². The van der Waals surface area contributed by atoms with Gasteiger partial charge in [-0.1, -0.05) is 18.5 Å². The number of benzene rings is 1. The Hall–Kier alpha value is -0.0600. The van der Waals surface area contributed by atoms with Crippen LogP contribution in [0.2, 0.25) is 5.02 Å². The third kappa shape index (κ3) is 4.98. The first kappa shape index (κ1) is 15.0. The van der Waals surface area contributed by atoms with Crippen molar-refractivity contribution in [3.05, 3.63) is 21.6 Å². The number of nitrogens with one attached hydrogen (secondary N) is 1. The number of halogens is 2. The van der Waals surface area contributed by atoms with Crippen LogP contribution in [0.15, 0.2) is 16.6 Å². The van der Waals surface area contributed by atoms with E-state index in [1.54, 1.807) is 7.11 Å². The number of hydrogen-bond donors (Lipinski definition) is 1. The van der Waals surface area contributed by atoms with Crippen molar-refractivity contribution in [2.45, 2.75) is 13.3 Å². The van der Waals surface area contributed by atoms with E-state index in [0.717, 1.165) is 28.9 Å². The van der Waals surface area contributed by atoms with Crippen molar-refractivity contribution < 1.29 is 4.74 Å². The van der Waals surface area contributed by atoms with Gasteiger partial charge in [-0.2, -0.15) is 11.8 Å². The molecule has 5 heteroatoms. The zero-order valence-electron chi connectivity index (χ0n) is 10.1. The number of anilines is 1.